The molecule has 1 aromatic rings. The van der Waals surface area contributed by atoms with Crippen molar-refractivity contribution in [2.24, 2.45) is 5.92 Å². The zero-order valence-electron chi connectivity index (χ0n) is 13.7. The molecule has 1 aromatic carbocycles. The lowest BCUT2D eigenvalue weighted by atomic mass is 10.1. The summed E-state index contributed by atoms with van der Waals surface area (Å²) in [6, 6.07) is 9.02. The van der Waals surface area contributed by atoms with Gasteiger partial charge in [0.05, 0.1) is 19.1 Å². The van der Waals surface area contributed by atoms with Gasteiger partial charge in [-0.1, -0.05) is 25.1 Å². The molecule has 0 radical (unpaired) electrons. The Morgan fingerprint density at radius 3 is 2.74 bits per heavy atom. The van der Waals surface area contributed by atoms with Crippen molar-refractivity contribution < 1.29 is 19.1 Å². The fourth-order valence-corrected chi connectivity index (χ4v) is 2.60. The Bertz CT molecular complexity index is 515. The molecule has 126 valence electrons. The van der Waals surface area contributed by atoms with Crippen molar-refractivity contribution >= 4 is 17.7 Å². The van der Waals surface area contributed by atoms with Gasteiger partial charge in [-0.25, -0.2) is 4.79 Å². The van der Waals surface area contributed by atoms with Crippen LogP contribution < -0.4 is 5.32 Å². The third kappa shape index (κ3) is 5.25. The Morgan fingerprint density at radius 2 is 2.13 bits per heavy atom. The number of hydrogen-bond donors (Lipinski definition) is 1. The van der Waals surface area contributed by atoms with Crippen molar-refractivity contribution in [2.75, 3.05) is 32.1 Å². The van der Waals surface area contributed by atoms with Gasteiger partial charge in [-0.05, 0) is 25.0 Å². The van der Waals surface area contributed by atoms with Gasteiger partial charge in [0.25, 0.3) is 0 Å². The van der Waals surface area contributed by atoms with Crippen LogP contribution in [0.2, 0.25) is 0 Å². The van der Waals surface area contributed by atoms with Gasteiger partial charge >= 0.3 is 12.0 Å². The highest BCUT2D eigenvalue weighted by Crippen LogP contribution is 2.16. The highest BCUT2D eigenvalue weighted by atomic mass is 16.5. The number of carbonyl (C=O) groups is 2. The van der Waals surface area contributed by atoms with Gasteiger partial charge in [0, 0.05) is 25.4 Å². The smallest absolute Gasteiger partial charge is 0.321 e. The summed E-state index contributed by atoms with van der Waals surface area (Å²) < 4.78 is 10.4. The highest BCUT2D eigenvalue weighted by molar-refractivity contribution is 5.89. The maximum absolute atomic E-state index is 12.6. The first-order valence-corrected chi connectivity index (χ1v) is 7.90. The van der Waals surface area contributed by atoms with Crippen LogP contribution >= 0.6 is 0 Å². The lowest BCUT2D eigenvalue weighted by molar-refractivity contribution is -0.145. The SMILES string of the molecule is COC(=O)C(C)CN(CC1CCCO1)C(=O)Nc1ccccc1. The number of nitrogens with zero attached hydrogens (tertiary/aromatic N) is 1. The molecule has 0 aliphatic carbocycles. The van der Waals surface area contributed by atoms with E-state index in [4.69, 9.17) is 9.47 Å². The fraction of sp³-hybridized carbons (Fsp3) is 0.529. The summed E-state index contributed by atoms with van der Waals surface area (Å²) in [5.74, 6) is -0.710. The summed E-state index contributed by atoms with van der Waals surface area (Å²) in [4.78, 5) is 25.8. The minimum absolute atomic E-state index is 0.0290. The first-order chi connectivity index (χ1) is 11.1. The molecule has 2 atom stereocenters. The predicted octanol–water partition coefficient (Wildman–Crippen LogP) is 2.51. The Hall–Kier alpha value is -2.08. The van der Waals surface area contributed by atoms with Crippen molar-refractivity contribution in [3.05, 3.63) is 30.3 Å². The van der Waals surface area contributed by atoms with Gasteiger partial charge in [-0.15, -0.1) is 0 Å². The number of esters is 1. The van der Waals surface area contributed by atoms with Crippen LogP contribution in [0.5, 0.6) is 0 Å². The number of rotatable bonds is 6. The van der Waals surface area contributed by atoms with Gasteiger partial charge in [0.2, 0.25) is 0 Å². The first-order valence-electron chi connectivity index (χ1n) is 7.90. The molecule has 1 saturated heterocycles. The summed E-state index contributed by atoms with van der Waals surface area (Å²) >= 11 is 0. The van der Waals surface area contributed by atoms with Crippen LogP contribution in [0.4, 0.5) is 10.5 Å². The van der Waals surface area contributed by atoms with Crippen LogP contribution in [-0.4, -0.2) is 49.8 Å². The molecule has 1 fully saturated rings. The van der Waals surface area contributed by atoms with Crippen molar-refractivity contribution in [1.82, 2.24) is 4.90 Å². The number of benzene rings is 1. The van der Waals surface area contributed by atoms with Crippen LogP contribution in [0.3, 0.4) is 0 Å². The topological polar surface area (TPSA) is 67.9 Å². The zero-order valence-corrected chi connectivity index (χ0v) is 13.7. The Kier molecular flexibility index (Phi) is 6.40. The van der Waals surface area contributed by atoms with Crippen LogP contribution in [0.25, 0.3) is 0 Å². The van der Waals surface area contributed by atoms with Gasteiger partial charge in [0.1, 0.15) is 0 Å². The fourth-order valence-electron chi connectivity index (χ4n) is 2.60. The number of urea groups is 1. The van der Waals surface area contributed by atoms with Gasteiger partial charge in [0.15, 0.2) is 0 Å². The third-order valence-corrected chi connectivity index (χ3v) is 3.86. The molecule has 1 N–H and O–H groups in total. The molecular weight excluding hydrogens is 296 g/mol. The van der Waals surface area contributed by atoms with Crippen LogP contribution in [-0.2, 0) is 14.3 Å². The average Bonchev–Trinajstić information content (AvgIpc) is 3.07. The van der Waals surface area contributed by atoms with E-state index in [1.807, 2.05) is 30.3 Å². The molecule has 0 spiro atoms. The maximum Gasteiger partial charge on any atom is 0.321 e. The Labute approximate surface area is 136 Å². The second kappa shape index (κ2) is 8.53. The largest absolute Gasteiger partial charge is 0.469 e. The van der Waals surface area contributed by atoms with Crippen LogP contribution in [0.15, 0.2) is 30.3 Å². The summed E-state index contributed by atoms with van der Waals surface area (Å²) in [5, 5.41) is 2.86. The van der Waals surface area contributed by atoms with Gasteiger partial charge < -0.3 is 19.7 Å². The number of amides is 2. The number of ether oxygens (including phenoxy) is 2. The van der Waals surface area contributed by atoms with Crippen molar-refractivity contribution in [3.8, 4) is 0 Å². The summed E-state index contributed by atoms with van der Waals surface area (Å²) in [7, 11) is 1.35. The van der Waals surface area contributed by atoms with E-state index in [1.54, 1.807) is 11.8 Å². The van der Waals surface area contributed by atoms with Gasteiger partial charge in [-0.2, -0.15) is 0 Å². The van der Waals surface area contributed by atoms with Crippen molar-refractivity contribution in [1.29, 1.82) is 0 Å². The van der Waals surface area contributed by atoms with E-state index in [2.05, 4.69) is 5.32 Å². The lowest BCUT2D eigenvalue weighted by Gasteiger charge is -2.27. The number of hydrogen-bond acceptors (Lipinski definition) is 4. The normalized spacial score (nSPS) is 18.3. The van der Waals surface area contributed by atoms with E-state index in [-0.39, 0.29) is 24.0 Å². The Morgan fingerprint density at radius 1 is 1.39 bits per heavy atom. The van der Waals surface area contributed by atoms with Gasteiger partial charge in [-0.3, -0.25) is 4.79 Å². The van der Waals surface area contributed by atoms with Crippen LogP contribution in [0.1, 0.15) is 19.8 Å². The van der Waals surface area contributed by atoms with Crippen molar-refractivity contribution in [3.63, 3.8) is 0 Å². The minimum Gasteiger partial charge on any atom is -0.469 e. The Balaban J connectivity index is 2.01. The summed E-state index contributed by atoms with van der Waals surface area (Å²) in [5.41, 5.74) is 0.723. The van der Waals surface area contributed by atoms with Crippen LogP contribution in [0, 0.1) is 5.92 Å². The molecule has 0 saturated carbocycles. The molecule has 1 aliphatic rings. The first kappa shape index (κ1) is 17.3. The van der Waals surface area contributed by atoms with E-state index in [9.17, 15) is 9.59 Å². The number of methoxy groups -OCH3 is 1. The quantitative estimate of drug-likeness (QED) is 0.818. The molecule has 1 heterocycles. The maximum atomic E-state index is 12.6. The zero-order chi connectivity index (χ0) is 16.7. The molecule has 2 amide bonds. The summed E-state index contributed by atoms with van der Waals surface area (Å²) in [6.07, 6.45) is 1.97. The minimum atomic E-state index is -0.386. The molecule has 1 aliphatic heterocycles. The van der Waals surface area contributed by atoms with Crippen molar-refractivity contribution in [2.45, 2.75) is 25.9 Å². The monoisotopic (exact) mass is 320 g/mol. The molecule has 2 rings (SSSR count). The lowest BCUT2D eigenvalue weighted by Crippen LogP contribution is -2.43. The highest BCUT2D eigenvalue weighted by Gasteiger charge is 2.26. The molecule has 0 bridgehead atoms. The van der Waals surface area contributed by atoms with E-state index >= 15 is 0 Å². The molecule has 2 unspecified atom stereocenters. The molecule has 23 heavy (non-hydrogen) atoms. The van der Waals surface area contributed by atoms with E-state index in [1.165, 1.54) is 7.11 Å². The number of para-hydroxylation sites is 1. The standard InChI is InChI=1S/C17H24N2O4/c1-13(16(20)22-2)11-19(12-15-9-6-10-23-15)17(21)18-14-7-4-3-5-8-14/h3-5,7-8,13,15H,6,9-12H2,1-2H3,(H,18,21). The second-order valence-electron chi connectivity index (χ2n) is 5.76. The average molecular weight is 320 g/mol. The number of nitrogens with one attached hydrogen (secondary N) is 1. The molecule has 6 nitrogen and oxygen atoms in total. The summed E-state index contributed by atoms with van der Waals surface area (Å²) in [6.45, 7) is 3.25. The third-order valence-electron chi connectivity index (χ3n) is 3.86. The van der Waals surface area contributed by atoms with E-state index in [0.717, 1.165) is 25.1 Å². The van der Waals surface area contributed by atoms with E-state index < -0.39 is 0 Å². The molecular formula is C17H24N2O4. The second-order valence-corrected chi connectivity index (χ2v) is 5.76. The molecule has 0 aromatic heterocycles. The number of anilines is 1. The molecule has 6 heteroatoms. The number of carbonyl (C=O) groups excluding carboxylic acids is 2. The van der Waals surface area contributed by atoms with E-state index in [0.29, 0.717) is 13.1 Å². The predicted molar refractivity (Wildman–Crippen MR) is 87.2 cm³/mol.